The molecule has 4 aromatic rings. The molecule has 6 nitrogen and oxygen atoms in total. The monoisotopic (exact) mass is 496 g/mol. The number of fused-ring (bicyclic) bond motifs is 1. The average Bonchev–Trinajstić information content (AvgIpc) is 2.86. The molecular weight excluding hydrogens is 464 g/mol. The predicted molar refractivity (Wildman–Crippen MR) is 147 cm³/mol. The highest BCUT2D eigenvalue weighted by atomic mass is 16.5. The molecule has 3 aromatic carbocycles. The van der Waals surface area contributed by atoms with E-state index >= 15 is 0 Å². The number of carboxylic acids is 1. The Hall–Kier alpha value is -4.03. The topological polar surface area (TPSA) is 79.7 Å². The zero-order valence-corrected chi connectivity index (χ0v) is 21.7. The summed E-state index contributed by atoms with van der Waals surface area (Å²) in [6.07, 6.45) is 1.97. The molecule has 0 saturated heterocycles. The summed E-state index contributed by atoms with van der Waals surface area (Å²) in [6.45, 7) is 7.04. The predicted octanol–water partition coefficient (Wildman–Crippen LogP) is 6.72. The van der Waals surface area contributed by atoms with Crippen LogP contribution in [-0.4, -0.2) is 29.1 Å². The third-order valence-corrected chi connectivity index (χ3v) is 6.12. The van der Waals surface area contributed by atoms with Crippen LogP contribution in [0.4, 0.5) is 5.82 Å². The van der Waals surface area contributed by atoms with Gasteiger partial charge in [0.1, 0.15) is 5.82 Å². The molecule has 1 aromatic heterocycles. The second-order valence-corrected chi connectivity index (χ2v) is 10.4. The molecule has 4 rings (SSSR count). The summed E-state index contributed by atoms with van der Waals surface area (Å²) in [7, 11) is 1.68. The van der Waals surface area contributed by atoms with Gasteiger partial charge in [-0.1, -0.05) is 69.3 Å². The minimum absolute atomic E-state index is 0.0346. The van der Waals surface area contributed by atoms with E-state index < -0.39 is 5.97 Å². The number of methoxy groups -OCH3 is 1. The van der Waals surface area contributed by atoms with Gasteiger partial charge in [-0.2, -0.15) is 0 Å². The third kappa shape index (κ3) is 6.40. The lowest BCUT2D eigenvalue weighted by molar-refractivity contribution is -0.120. The third-order valence-electron chi connectivity index (χ3n) is 6.12. The Kier molecular flexibility index (Phi) is 7.69. The molecule has 0 saturated carbocycles. The van der Waals surface area contributed by atoms with Crippen LogP contribution in [0.25, 0.3) is 21.9 Å². The fourth-order valence-electron chi connectivity index (χ4n) is 4.29. The first kappa shape index (κ1) is 26.0. The molecule has 6 heteroatoms. The van der Waals surface area contributed by atoms with E-state index in [0.717, 1.165) is 33.0 Å². The molecule has 0 aliphatic carbocycles. The number of pyridine rings is 1. The zero-order valence-electron chi connectivity index (χ0n) is 21.7. The van der Waals surface area contributed by atoms with Gasteiger partial charge in [0.25, 0.3) is 0 Å². The number of ether oxygens (including phenoxy) is 1. The van der Waals surface area contributed by atoms with Crippen LogP contribution in [0.1, 0.15) is 48.7 Å². The fraction of sp³-hybridized carbons (Fsp3) is 0.258. The molecule has 0 unspecified atom stereocenters. The highest BCUT2D eigenvalue weighted by Gasteiger charge is 2.25. The fourth-order valence-corrected chi connectivity index (χ4v) is 4.29. The normalized spacial score (nSPS) is 11.5. The smallest absolute Gasteiger partial charge is 0.335 e. The van der Waals surface area contributed by atoms with Gasteiger partial charge in [-0.3, -0.25) is 9.69 Å². The molecular formula is C31H32N2O4. The van der Waals surface area contributed by atoms with Crippen molar-refractivity contribution in [3.05, 3.63) is 95.7 Å². The van der Waals surface area contributed by atoms with Gasteiger partial charge in [0.2, 0.25) is 5.91 Å². The van der Waals surface area contributed by atoms with E-state index in [1.165, 1.54) is 0 Å². The van der Waals surface area contributed by atoms with Gasteiger partial charge in [-0.25, -0.2) is 9.78 Å². The van der Waals surface area contributed by atoms with Gasteiger partial charge < -0.3 is 9.84 Å². The first-order valence-corrected chi connectivity index (χ1v) is 12.2. The second-order valence-electron chi connectivity index (χ2n) is 10.4. The molecule has 0 aliphatic rings. The van der Waals surface area contributed by atoms with Crippen molar-refractivity contribution < 1.29 is 19.4 Å². The lowest BCUT2D eigenvalue weighted by atomic mass is 9.91. The van der Waals surface area contributed by atoms with E-state index in [4.69, 9.17) is 4.74 Å². The summed E-state index contributed by atoms with van der Waals surface area (Å²) in [6, 6.07) is 23.1. The molecule has 0 atom stereocenters. The van der Waals surface area contributed by atoms with Crippen LogP contribution in [0.2, 0.25) is 0 Å². The average molecular weight is 497 g/mol. The largest absolute Gasteiger partial charge is 0.478 e. The first-order chi connectivity index (χ1) is 17.6. The maximum atomic E-state index is 13.5. The summed E-state index contributed by atoms with van der Waals surface area (Å²) in [5.41, 5.74) is 4.29. The summed E-state index contributed by atoms with van der Waals surface area (Å²) >= 11 is 0. The first-order valence-electron chi connectivity index (χ1n) is 12.2. The summed E-state index contributed by atoms with van der Waals surface area (Å²) in [5, 5.41) is 10.9. The molecule has 1 amide bonds. The number of benzene rings is 3. The minimum atomic E-state index is -0.991. The van der Waals surface area contributed by atoms with Gasteiger partial charge in [-0.05, 0) is 57.3 Å². The minimum Gasteiger partial charge on any atom is -0.478 e. The van der Waals surface area contributed by atoms with E-state index in [1.54, 1.807) is 42.5 Å². The Balaban J connectivity index is 1.66. The van der Waals surface area contributed by atoms with Gasteiger partial charge in [0.05, 0.1) is 18.7 Å². The number of amides is 1. The maximum absolute atomic E-state index is 13.5. The van der Waals surface area contributed by atoms with Gasteiger partial charge in [0, 0.05) is 25.1 Å². The Bertz CT molecular complexity index is 1400. The van der Waals surface area contributed by atoms with Crippen LogP contribution in [0.5, 0.6) is 0 Å². The Morgan fingerprint density at radius 1 is 0.892 bits per heavy atom. The van der Waals surface area contributed by atoms with Crippen LogP contribution in [0.15, 0.2) is 79.0 Å². The lowest BCUT2D eigenvalue weighted by Crippen LogP contribution is -2.34. The number of anilines is 1. The molecule has 0 bridgehead atoms. The van der Waals surface area contributed by atoms with E-state index in [2.05, 4.69) is 41.4 Å². The molecule has 190 valence electrons. The number of carbonyl (C=O) groups excluding carboxylic acids is 1. The van der Waals surface area contributed by atoms with Crippen molar-refractivity contribution >= 4 is 28.5 Å². The van der Waals surface area contributed by atoms with Crippen LogP contribution in [0, 0.1) is 5.41 Å². The summed E-state index contributed by atoms with van der Waals surface area (Å²) in [4.78, 5) is 31.3. The Morgan fingerprint density at radius 2 is 1.51 bits per heavy atom. The Morgan fingerprint density at radius 3 is 2.08 bits per heavy atom. The summed E-state index contributed by atoms with van der Waals surface area (Å²) in [5.74, 6) is -0.497. The van der Waals surface area contributed by atoms with Crippen LogP contribution < -0.4 is 4.90 Å². The van der Waals surface area contributed by atoms with Crippen LogP contribution >= 0.6 is 0 Å². The number of hydrogen-bond donors (Lipinski definition) is 1. The number of nitrogens with zero attached hydrogens (tertiary/aromatic N) is 2. The number of aromatic carboxylic acids is 1. The SMILES string of the molecule is COCc1ccc(-c2ccc(CN(C(=O)CC(C)(C)C)c3nccc4cc(C(=O)O)ccc34)cc2)cc1. The van der Waals surface area contributed by atoms with Crippen molar-refractivity contribution in [3.63, 3.8) is 0 Å². The van der Waals surface area contributed by atoms with E-state index in [9.17, 15) is 14.7 Å². The van der Waals surface area contributed by atoms with E-state index in [0.29, 0.717) is 25.4 Å². The van der Waals surface area contributed by atoms with Crippen molar-refractivity contribution in [1.29, 1.82) is 0 Å². The number of aromatic nitrogens is 1. The molecule has 1 heterocycles. The number of rotatable bonds is 8. The van der Waals surface area contributed by atoms with E-state index in [1.807, 2.05) is 32.9 Å². The van der Waals surface area contributed by atoms with Gasteiger partial charge in [-0.15, -0.1) is 0 Å². The van der Waals surface area contributed by atoms with Crippen molar-refractivity contribution in [2.45, 2.75) is 40.3 Å². The van der Waals surface area contributed by atoms with Crippen LogP contribution in [-0.2, 0) is 22.7 Å². The lowest BCUT2D eigenvalue weighted by Gasteiger charge is -2.27. The zero-order chi connectivity index (χ0) is 26.6. The van der Waals surface area contributed by atoms with Crippen molar-refractivity contribution in [2.75, 3.05) is 12.0 Å². The van der Waals surface area contributed by atoms with Gasteiger partial charge in [0.15, 0.2) is 0 Å². The number of carbonyl (C=O) groups is 2. The highest BCUT2D eigenvalue weighted by molar-refractivity contribution is 6.04. The highest BCUT2D eigenvalue weighted by Crippen LogP contribution is 2.30. The molecule has 0 radical (unpaired) electrons. The second kappa shape index (κ2) is 10.9. The standard InChI is InChI=1S/C31H32N2O4/c1-31(2,3)18-28(34)33(29-27-14-13-26(30(35)36)17-25(27)15-16-32-29)19-21-5-9-23(10-6-21)24-11-7-22(8-12-24)20-37-4/h5-17H,18-20H2,1-4H3,(H,35,36). The van der Waals surface area contributed by atoms with Crippen LogP contribution in [0.3, 0.4) is 0 Å². The molecule has 37 heavy (non-hydrogen) atoms. The molecule has 0 fully saturated rings. The quantitative estimate of drug-likeness (QED) is 0.293. The molecule has 0 spiro atoms. The number of hydrogen-bond acceptors (Lipinski definition) is 4. The molecule has 1 N–H and O–H groups in total. The van der Waals surface area contributed by atoms with Gasteiger partial charge >= 0.3 is 5.97 Å². The van der Waals surface area contributed by atoms with Crippen molar-refractivity contribution in [1.82, 2.24) is 4.98 Å². The summed E-state index contributed by atoms with van der Waals surface area (Å²) < 4.78 is 5.19. The van der Waals surface area contributed by atoms with E-state index in [-0.39, 0.29) is 16.9 Å². The molecule has 0 aliphatic heterocycles. The Labute approximate surface area is 217 Å². The maximum Gasteiger partial charge on any atom is 0.335 e. The van der Waals surface area contributed by atoms with Crippen molar-refractivity contribution in [3.8, 4) is 11.1 Å². The van der Waals surface area contributed by atoms with Crippen molar-refractivity contribution in [2.24, 2.45) is 5.41 Å². The number of carboxylic acid groups (broad SMARTS) is 1.